The molecule has 3 aromatic rings. The number of methoxy groups -OCH3 is 2. The molecule has 0 spiro atoms. The van der Waals surface area contributed by atoms with Gasteiger partial charge in [0.15, 0.2) is 11.5 Å². The van der Waals surface area contributed by atoms with Crippen LogP contribution in [0.3, 0.4) is 0 Å². The minimum atomic E-state index is 0.0622. The van der Waals surface area contributed by atoms with E-state index in [-0.39, 0.29) is 6.04 Å². The average molecular weight is 419 g/mol. The van der Waals surface area contributed by atoms with Gasteiger partial charge in [-0.2, -0.15) is 0 Å². The molecule has 0 fully saturated rings. The molecule has 0 N–H and O–H groups in total. The second-order valence-corrected chi connectivity index (χ2v) is 8.09. The zero-order valence-corrected chi connectivity index (χ0v) is 17.8. The second-order valence-electron chi connectivity index (χ2n) is 7.66. The van der Waals surface area contributed by atoms with Crippen LogP contribution >= 0.6 is 11.6 Å². The molecule has 0 bridgehead atoms. The summed E-state index contributed by atoms with van der Waals surface area (Å²) in [6.07, 6.45) is 0.949. The lowest BCUT2D eigenvalue weighted by Crippen LogP contribution is -2.38. The van der Waals surface area contributed by atoms with E-state index in [4.69, 9.17) is 26.1 Å². The van der Waals surface area contributed by atoms with Crippen molar-refractivity contribution >= 4 is 23.0 Å². The van der Waals surface area contributed by atoms with Crippen molar-refractivity contribution in [3.8, 4) is 11.5 Å². The van der Waals surface area contributed by atoms with Gasteiger partial charge in [0.2, 0.25) is 0 Å². The molecule has 5 rings (SSSR count). The number of halogens is 1. The SMILES string of the molecule is COc1cc2c(cc1OC)C1c3cc(Cl)ccc3N=C(c3ccccc3)CN1CC2. The summed E-state index contributed by atoms with van der Waals surface area (Å²) in [6, 6.07) is 20.7. The molecule has 152 valence electrons. The molecule has 2 heterocycles. The number of hydrogen-bond donors (Lipinski definition) is 0. The summed E-state index contributed by atoms with van der Waals surface area (Å²) in [5.41, 5.74) is 6.83. The molecule has 0 saturated carbocycles. The average Bonchev–Trinajstić information content (AvgIpc) is 2.95. The van der Waals surface area contributed by atoms with Crippen LogP contribution in [0.25, 0.3) is 0 Å². The highest BCUT2D eigenvalue weighted by molar-refractivity contribution is 6.30. The maximum Gasteiger partial charge on any atom is 0.161 e. The summed E-state index contributed by atoms with van der Waals surface area (Å²) in [6.45, 7) is 1.71. The molecule has 1 atom stereocenters. The molecule has 2 aliphatic rings. The maximum absolute atomic E-state index is 6.44. The third-order valence-electron chi connectivity index (χ3n) is 5.97. The van der Waals surface area contributed by atoms with Gasteiger partial charge in [0, 0.05) is 23.7 Å². The lowest BCUT2D eigenvalue weighted by molar-refractivity contribution is 0.245. The van der Waals surface area contributed by atoms with E-state index in [1.54, 1.807) is 14.2 Å². The fraction of sp³-hybridized carbons (Fsp3) is 0.240. The van der Waals surface area contributed by atoms with Crippen molar-refractivity contribution in [2.24, 2.45) is 4.99 Å². The van der Waals surface area contributed by atoms with Gasteiger partial charge in [-0.15, -0.1) is 0 Å². The summed E-state index contributed by atoms with van der Waals surface area (Å²) < 4.78 is 11.2. The monoisotopic (exact) mass is 418 g/mol. The van der Waals surface area contributed by atoms with Crippen LogP contribution in [0.5, 0.6) is 11.5 Å². The van der Waals surface area contributed by atoms with Gasteiger partial charge in [0.1, 0.15) is 0 Å². The lowest BCUT2D eigenvalue weighted by atomic mass is 9.87. The van der Waals surface area contributed by atoms with Crippen LogP contribution in [0.1, 0.15) is 28.3 Å². The molecule has 3 aromatic carbocycles. The zero-order valence-electron chi connectivity index (χ0n) is 17.1. The van der Waals surface area contributed by atoms with Crippen molar-refractivity contribution in [2.75, 3.05) is 27.3 Å². The Kier molecular flexibility index (Phi) is 4.97. The van der Waals surface area contributed by atoms with Crippen molar-refractivity contribution in [1.82, 2.24) is 4.90 Å². The van der Waals surface area contributed by atoms with Crippen molar-refractivity contribution < 1.29 is 9.47 Å². The molecule has 0 saturated heterocycles. The van der Waals surface area contributed by atoms with E-state index < -0.39 is 0 Å². The molecule has 30 heavy (non-hydrogen) atoms. The number of benzene rings is 3. The fourth-order valence-electron chi connectivity index (χ4n) is 4.54. The number of ether oxygens (including phenoxy) is 2. The first kappa shape index (κ1) is 19.2. The van der Waals surface area contributed by atoms with Crippen LogP contribution in [-0.2, 0) is 6.42 Å². The third-order valence-corrected chi connectivity index (χ3v) is 6.21. The molecule has 2 aliphatic heterocycles. The van der Waals surface area contributed by atoms with E-state index in [1.165, 1.54) is 11.1 Å². The van der Waals surface area contributed by atoms with E-state index >= 15 is 0 Å². The Morgan fingerprint density at radius 3 is 2.47 bits per heavy atom. The van der Waals surface area contributed by atoms with Crippen molar-refractivity contribution in [3.05, 3.63) is 87.9 Å². The molecule has 0 aromatic heterocycles. The zero-order chi connectivity index (χ0) is 20.7. The minimum Gasteiger partial charge on any atom is -0.493 e. The number of rotatable bonds is 3. The van der Waals surface area contributed by atoms with Gasteiger partial charge < -0.3 is 9.47 Å². The largest absolute Gasteiger partial charge is 0.493 e. The summed E-state index contributed by atoms with van der Waals surface area (Å²) in [5, 5.41) is 0.722. The molecular weight excluding hydrogens is 396 g/mol. The van der Waals surface area contributed by atoms with E-state index in [9.17, 15) is 0 Å². The molecule has 4 nitrogen and oxygen atoms in total. The van der Waals surface area contributed by atoms with Crippen LogP contribution in [-0.4, -0.2) is 37.9 Å². The Labute approximate surface area is 181 Å². The van der Waals surface area contributed by atoms with Gasteiger partial charge in [0.05, 0.1) is 31.7 Å². The van der Waals surface area contributed by atoms with Crippen LogP contribution in [0.2, 0.25) is 5.02 Å². The Hall–Kier alpha value is -2.82. The number of fused-ring (bicyclic) bond motifs is 5. The van der Waals surface area contributed by atoms with Gasteiger partial charge in [-0.25, -0.2) is 0 Å². The van der Waals surface area contributed by atoms with Crippen LogP contribution in [0.15, 0.2) is 65.7 Å². The summed E-state index contributed by atoms with van der Waals surface area (Å²) in [7, 11) is 3.36. The van der Waals surface area contributed by atoms with E-state index in [2.05, 4.69) is 47.4 Å². The normalized spacial score (nSPS) is 17.8. The van der Waals surface area contributed by atoms with Gasteiger partial charge in [-0.1, -0.05) is 41.9 Å². The standard InChI is InChI=1S/C25H23ClN2O2/c1-29-23-12-17-10-11-28-15-22(16-6-4-3-5-7-16)27-21-9-8-18(26)13-20(21)25(28)19(17)14-24(23)30-2/h3-9,12-14,25H,10-11,15H2,1-2H3. The summed E-state index contributed by atoms with van der Waals surface area (Å²) in [5.74, 6) is 1.51. The highest BCUT2D eigenvalue weighted by Gasteiger charge is 2.34. The summed E-state index contributed by atoms with van der Waals surface area (Å²) in [4.78, 5) is 7.57. The summed E-state index contributed by atoms with van der Waals surface area (Å²) >= 11 is 6.44. The Balaban J connectivity index is 1.69. The third kappa shape index (κ3) is 3.26. The maximum atomic E-state index is 6.44. The van der Waals surface area contributed by atoms with Crippen molar-refractivity contribution in [3.63, 3.8) is 0 Å². The number of nitrogens with zero attached hydrogens (tertiary/aromatic N) is 2. The van der Waals surface area contributed by atoms with Gasteiger partial charge in [0.25, 0.3) is 0 Å². The molecule has 1 unspecified atom stereocenters. The lowest BCUT2D eigenvalue weighted by Gasteiger charge is -2.37. The van der Waals surface area contributed by atoms with Gasteiger partial charge in [-0.3, -0.25) is 9.89 Å². The van der Waals surface area contributed by atoms with E-state index in [0.29, 0.717) is 0 Å². The van der Waals surface area contributed by atoms with Crippen LogP contribution < -0.4 is 9.47 Å². The number of hydrogen-bond acceptors (Lipinski definition) is 4. The van der Waals surface area contributed by atoms with Crippen LogP contribution in [0.4, 0.5) is 5.69 Å². The first-order chi connectivity index (χ1) is 14.7. The van der Waals surface area contributed by atoms with Crippen molar-refractivity contribution in [2.45, 2.75) is 12.5 Å². The quantitative estimate of drug-likeness (QED) is 0.568. The molecule has 0 aliphatic carbocycles. The van der Waals surface area contributed by atoms with Gasteiger partial charge in [-0.05, 0) is 53.4 Å². The predicted octanol–water partition coefficient (Wildman–Crippen LogP) is 5.44. The molecule has 0 radical (unpaired) electrons. The molecule has 0 amide bonds. The smallest absolute Gasteiger partial charge is 0.161 e. The van der Waals surface area contributed by atoms with Crippen LogP contribution in [0, 0.1) is 0 Å². The Morgan fingerprint density at radius 1 is 0.933 bits per heavy atom. The molecular formula is C25H23ClN2O2. The predicted molar refractivity (Wildman–Crippen MR) is 121 cm³/mol. The Morgan fingerprint density at radius 2 is 1.70 bits per heavy atom. The van der Waals surface area contributed by atoms with Gasteiger partial charge >= 0.3 is 0 Å². The van der Waals surface area contributed by atoms with E-state index in [1.807, 2.05) is 18.2 Å². The topological polar surface area (TPSA) is 34.1 Å². The highest BCUT2D eigenvalue weighted by Crippen LogP contribution is 2.45. The number of aliphatic imine (C=N–C) groups is 1. The highest BCUT2D eigenvalue weighted by atomic mass is 35.5. The van der Waals surface area contributed by atoms with Crippen molar-refractivity contribution in [1.29, 1.82) is 0 Å². The fourth-order valence-corrected chi connectivity index (χ4v) is 4.72. The first-order valence-electron chi connectivity index (χ1n) is 10.1. The second kappa shape index (κ2) is 7.78. The minimum absolute atomic E-state index is 0.0622. The molecule has 5 heteroatoms. The van der Waals surface area contributed by atoms with E-state index in [0.717, 1.165) is 58.6 Å². The Bertz CT molecular complexity index is 1130. The first-order valence-corrected chi connectivity index (χ1v) is 10.5.